The van der Waals surface area contributed by atoms with Gasteiger partial charge in [-0.2, -0.15) is 0 Å². The molecule has 0 bridgehead atoms. The molecule has 0 heterocycles. The largest absolute Gasteiger partial charge is 0.309 e. The lowest BCUT2D eigenvalue weighted by molar-refractivity contribution is 0.463. The van der Waals surface area contributed by atoms with E-state index >= 15 is 0 Å². The minimum Gasteiger partial charge on any atom is -0.309 e. The minimum atomic E-state index is 0.530. The molecule has 0 amide bonds. The highest BCUT2D eigenvalue weighted by Gasteiger charge is 2.32. The van der Waals surface area contributed by atoms with Gasteiger partial charge in [0, 0.05) is 12.6 Å². The van der Waals surface area contributed by atoms with Crippen molar-refractivity contribution in [1.29, 1.82) is 0 Å². The Balaban J connectivity index is 1.63. The van der Waals surface area contributed by atoms with E-state index in [0.717, 1.165) is 12.5 Å². The van der Waals surface area contributed by atoms with Gasteiger partial charge in [-0.05, 0) is 35.8 Å². The van der Waals surface area contributed by atoms with Crippen LogP contribution in [0.15, 0.2) is 60.7 Å². The van der Waals surface area contributed by atoms with Gasteiger partial charge < -0.3 is 5.32 Å². The van der Waals surface area contributed by atoms with Gasteiger partial charge >= 0.3 is 0 Å². The topological polar surface area (TPSA) is 12.0 Å². The molecule has 2 atom stereocenters. The Morgan fingerprint density at radius 3 is 2.00 bits per heavy atom. The number of benzene rings is 2. The highest BCUT2D eigenvalue weighted by atomic mass is 14.9. The van der Waals surface area contributed by atoms with Crippen LogP contribution < -0.4 is 5.32 Å². The van der Waals surface area contributed by atoms with Crippen LogP contribution in [0.3, 0.4) is 0 Å². The van der Waals surface area contributed by atoms with E-state index in [-0.39, 0.29) is 0 Å². The minimum absolute atomic E-state index is 0.530. The molecule has 3 rings (SSSR count). The first-order valence-corrected chi connectivity index (χ1v) is 7.68. The van der Waals surface area contributed by atoms with Crippen LogP contribution >= 0.6 is 0 Å². The summed E-state index contributed by atoms with van der Waals surface area (Å²) in [5.74, 6) is 1.39. The molecule has 1 N–H and O–H groups in total. The van der Waals surface area contributed by atoms with E-state index in [1.165, 1.54) is 24.0 Å². The average molecular weight is 265 g/mol. The van der Waals surface area contributed by atoms with Gasteiger partial charge in [-0.25, -0.2) is 0 Å². The molecular weight excluding hydrogens is 242 g/mol. The fourth-order valence-corrected chi connectivity index (χ4v) is 2.85. The van der Waals surface area contributed by atoms with E-state index in [0.29, 0.717) is 12.0 Å². The first-order valence-electron chi connectivity index (χ1n) is 7.68. The summed E-state index contributed by atoms with van der Waals surface area (Å²) in [5.41, 5.74) is 2.86. The van der Waals surface area contributed by atoms with E-state index in [4.69, 9.17) is 0 Å². The molecule has 1 fully saturated rings. The van der Waals surface area contributed by atoms with Crippen LogP contribution in [0, 0.1) is 5.92 Å². The lowest BCUT2D eigenvalue weighted by Crippen LogP contribution is -2.27. The zero-order valence-corrected chi connectivity index (χ0v) is 12.1. The second-order valence-electron chi connectivity index (χ2n) is 5.95. The lowest BCUT2D eigenvalue weighted by atomic mass is 9.98. The Kier molecular flexibility index (Phi) is 4.17. The highest BCUT2D eigenvalue weighted by Crippen LogP contribution is 2.41. The maximum absolute atomic E-state index is 3.80. The van der Waals surface area contributed by atoms with E-state index in [1.807, 2.05) is 0 Å². The van der Waals surface area contributed by atoms with Gasteiger partial charge in [-0.1, -0.05) is 67.6 Å². The number of nitrogens with one attached hydrogen (secondary N) is 1. The van der Waals surface area contributed by atoms with Crippen molar-refractivity contribution < 1.29 is 0 Å². The Morgan fingerprint density at radius 2 is 1.45 bits per heavy atom. The fourth-order valence-electron chi connectivity index (χ4n) is 2.85. The lowest BCUT2D eigenvalue weighted by Gasteiger charge is -2.22. The Bertz CT molecular complexity index is 516. The summed E-state index contributed by atoms with van der Waals surface area (Å²) in [6.07, 6.45) is 2.73. The molecule has 1 aliphatic rings. The molecule has 1 nitrogen and oxygen atoms in total. The van der Waals surface area contributed by atoms with Gasteiger partial charge in [-0.3, -0.25) is 0 Å². The molecule has 104 valence electrons. The maximum atomic E-state index is 3.80. The summed E-state index contributed by atoms with van der Waals surface area (Å²) in [6, 6.07) is 22.2. The van der Waals surface area contributed by atoms with Crippen molar-refractivity contribution in [1.82, 2.24) is 5.32 Å². The molecule has 2 unspecified atom stereocenters. The van der Waals surface area contributed by atoms with Crippen LogP contribution in [0.5, 0.6) is 0 Å². The van der Waals surface area contributed by atoms with Crippen molar-refractivity contribution in [3.8, 4) is 0 Å². The van der Waals surface area contributed by atoms with Gasteiger partial charge in [0.25, 0.3) is 0 Å². The van der Waals surface area contributed by atoms with Crippen molar-refractivity contribution in [3.63, 3.8) is 0 Å². The smallest absolute Gasteiger partial charge is 0.0348 e. The van der Waals surface area contributed by atoms with Crippen LogP contribution in [0.2, 0.25) is 0 Å². The van der Waals surface area contributed by atoms with Crippen molar-refractivity contribution in [3.05, 3.63) is 71.8 Å². The third-order valence-electron chi connectivity index (χ3n) is 4.26. The summed E-state index contributed by atoms with van der Waals surface area (Å²) in [4.78, 5) is 0. The van der Waals surface area contributed by atoms with Crippen molar-refractivity contribution >= 4 is 0 Å². The van der Waals surface area contributed by atoms with Crippen molar-refractivity contribution in [2.75, 3.05) is 6.54 Å². The Hall–Kier alpha value is -1.60. The molecule has 1 saturated carbocycles. The third kappa shape index (κ3) is 3.29. The third-order valence-corrected chi connectivity index (χ3v) is 4.26. The molecule has 0 aromatic heterocycles. The zero-order chi connectivity index (χ0) is 13.8. The van der Waals surface area contributed by atoms with Crippen LogP contribution in [-0.4, -0.2) is 6.54 Å². The molecule has 2 aromatic carbocycles. The van der Waals surface area contributed by atoms with E-state index in [1.54, 1.807) is 0 Å². The second-order valence-corrected chi connectivity index (χ2v) is 5.95. The second kappa shape index (κ2) is 6.23. The number of hydrogen-bond donors (Lipinski definition) is 1. The van der Waals surface area contributed by atoms with Gasteiger partial charge in [0.2, 0.25) is 0 Å². The molecule has 20 heavy (non-hydrogen) atoms. The molecule has 0 radical (unpaired) electrons. The Morgan fingerprint density at radius 1 is 0.900 bits per heavy atom. The summed E-state index contributed by atoms with van der Waals surface area (Å²) >= 11 is 0. The first-order chi connectivity index (χ1) is 9.84. The SMILES string of the molecule is CC(CNC(c1ccccc1)C1CC1)c1ccccc1. The van der Waals surface area contributed by atoms with Gasteiger partial charge in [0.05, 0.1) is 0 Å². The normalized spacial score (nSPS) is 17.6. The van der Waals surface area contributed by atoms with Gasteiger partial charge in [0.1, 0.15) is 0 Å². The molecule has 1 aliphatic carbocycles. The number of hydrogen-bond acceptors (Lipinski definition) is 1. The molecule has 0 spiro atoms. The monoisotopic (exact) mass is 265 g/mol. The number of rotatable bonds is 6. The zero-order valence-electron chi connectivity index (χ0n) is 12.1. The van der Waals surface area contributed by atoms with Crippen LogP contribution in [-0.2, 0) is 0 Å². The molecule has 0 saturated heterocycles. The Labute approximate surface area is 122 Å². The van der Waals surface area contributed by atoms with Crippen LogP contribution in [0.4, 0.5) is 0 Å². The maximum Gasteiger partial charge on any atom is 0.0348 e. The molecule has 0 aliphatic heterocycles. The van der Waals surface area contributed by atoms with Crippen LogP contribution in [0.1, 0.15) is 42.9 Å². The predicted molar refractivity (Wildman–Crippen MR) is 84.8 cm³/mol. The average Bonchev–Trinajstić information content (AvgIpc) is 3.34. The molecule has 2 aromatic rings. The first kappa shape index (κ1) is 13.4. The molecule has 1 heteroatoms. The van der Waals surface area contributed by atoms with Gasteiger partial charge in [0.15, 0.2) is 0 Å². The predicted octanol–water partition coefficient (Wildman–Crippen LogP) is 4.53. The van der Waals surface area contributed by atoms with E-state index < -0.39 is 0 Å². The quantitative estimate of drug-likeness (QED) is 0.809. The molecular formula is C19H23N. The van der Waals surface area contributed by atoms with Crippen molar-refractivity contribution in [2.24, 2.45) is 5.92 Å². The van der Waals surface area contributed by atoms with Crippen molar-refractivity contribution in [2.45, 2.75) is 31.7 Å². The highest BCUT2D eigenvalue weighted by molar-refractivity contribution is 5.22. The summed E-state index contributed by atoms with van der Waals surface area (Å²) in [6.45, 7) is 3.34. The van der Waals surface area contributed by atoms with Crippen LogP contribution in [0.25, 0.3) is 0 Å². The standard InChI is InChI=1S/C19H23N/c1-15(16-8-4-2-5-9-16)14-20-19(18-12-13-18)17-10-6-3-7-11-17/h2-11,15,18-20H,12-14H2,1H3. The van der Waals surface area contributed by atoms with E-state index in [9.17, 15) is 0 Å². The van der Waals surface area contributed by atoms with Gasteiger partial charge in [-0.15, -0.1) is 0 Å². The summed E-state index contributed by atoms with van der Waals surface area (Å²) in [7, 11) is 0. The summed E-state index contributed by atoms with van der Waals surface area (Å²) < 4.78 is 0. The van der Waals surface area contributed by atoms with E-state index in [2.05, 4.69) is 72.9 Å². The fraction of sp³-hybridized carbons (Fsp3) is 0.368. The summed E-state index contributed by atoms with van der Waals surface area (Å²) in [5, 5.41) is 3.80.